The molecule has 1 rings (SSSR count). The maximum absolute atomic E-state index is 11.8. The number of benzene rings is 1. The van der Waals surface area contributed by atoms with Crippen LogP contribution in [0, 0.1) is 5.92 Å². The third kappa shape index (κ3) is 4.48. The lowest BCUT2D eigenvalue weighted by Crippen LogP contribution is -2.15. The quantitative estimate of drug-likeness (QED) is 0.804. The van der Waals surface area contributed by atoms with Crippen LogP contribution in [0.25, 0.3) is 0 Å². The van der Waals surface area contributed by atoms with Crippen molar-refractivity contribution in [1.82, 2.24) is 0 Å². The molecule has 0 spiro atoms. The average molecular weight is 284 g/mol. The number of hydrogen-bond donors (Lipinski definition) is 1. The van der Waals surface area contributed by atoms with Crippen molar-refractivity contribution >= 4 is 21.6 Å². The first-order valence-corrected chi connectivity index (χ1v) is 7.45. The summed E-state index contributed by atoms with van der Waals surface area (Å²) in [6.45, 7) is 3.84. The van der Waals surface area contributed by atoms with Crippen molar-refractivity contribution in [2.75, 3.05) is 5.75 Å². The summed E-state index contributed by atoms with van der Waals surface area (Å²) in [5, 5.41) is 8.52. The van der Waals surface area contributed by atoms with Crippen LogP contribution in [-0.4, -0.2) is 31.0 Å². The molecule has 104 valence electrons. The zero-order chi connectivity index (χ0) is 14.6. The Kier molecular flexibility index (Phi) is 4.83. The Morgan fingerprint density at radius 3 is 2.11 bits per heavy atom. The summed E-state index contributed by atoms with van der Waals surface area (Å²) < 4.78 is 23.3. The van der Waals surface area contributed by atoms with Crippen molar-refractivity contribution in [3.8, 4) is 0 Å². The maximum atomic E-state index is 11.8. The molecule has 1 aromatic rings. The van der Waals surface area contributed by atoms with Gasteiger partial charge >= 0.3 is 5.97 Å². The molecule has 0 saturated carbocycles. The van der Waals surface area contributed by atoms with E-state index in [9.17, 15) is 18.0 Å². The van der Waals surface area contributed by atoms with Gasteiger partial charge in [0.05, 0.1) is 4.90 Å². The topological polar surface area (TPSA) is 88.5 Å². The highest BCUT2D eigenvalue weighted by atomic mass is 32.2. The Morgan fingerprint density at radius 2 is 1.68 bits per heavy atom. The van der Waals surface area contributed by atoms with Gasteiger partial charge in [-0.05, 0) is 18.1 Å². The summed E-state index contributed by atoms with van der Waals surface area (Å²) in [6, 6.07) is 5.37. The normalized spacial score (nSPS) is 11.5. The van der Waals surface area contributed by atoms with Gasteiger partial charge in [0.15, 0.2) is 21.4 Å². The van der Waals surface area contributed by atoms with Crippen LogP contribution in [0.15, 0.2) is 29.2 Å². The molecule has 19 heavy (non-hydrogen) atoms. The van der Waals surface area contributed by atoms with Gasteiger partial charge in [-0.1, -0.05) is 26.0 Å². The van der Waals surface area contributed by atoms with Gasteiger partial charge in [-0.3, -0.25) is 9.59 Å². The van der Waals surface area contributed by atoms with Crippen LogP contribution in [0.5, 0.6) is 0 Å². The lowest BCUT2D eigenvalue weighted by molar-refractivity contribution is -0.134. The Balaban J connectivity index is 2.94. The van der Waals surface area contributed by atoms with E-state index in [2.05, 4.69) is 0 Å². The van der Waals surface area contributed by atoms with Gasteiger partial charge < -0.3 is 5.11 Å². The van der Waals surface area contributed by atoms with Gasteiger partial charge in [-0.25, -0.2) is 8.42 Å². The van der Waals surface area contributed by atoms with E-state index in [1.807, 2.05) is 13.8 Å². The summed E-state index contributed by atoms with van der Waals surface area (Å²) in [5.74, 6) is -2.19. The average Bonchev–Trinajstić information content (AvgIpc) is 2.26. The fourth-order valence-corrected chi connectivity index (χ4v) is 2.63. The molecular weight excluding hydrogens is 268 g/mol. The number of hydrogen-bond acceptors (Lipinski definition) is 4. The number of carboxylic acid groups (broad SMARTS) is 1. The maximum Gasteiger partial charge on any atom is 0.319 e. The molecule has 1 N–H and O–H groups in total. The Bertz CT molecular complexity index is 570. The second kappa shape index (κ2) is 5.97. The number of carbonyl (C=O) groups excluding carboxylic acids is 1. The Labute approximate surface area is 112 Å². The minimum atomic E-state index is -3.84. The predicted molar refractivity (Wildman–Crippen MR) is 69.9 cm³/mol. The number of sulfone groups is 1. The second-order valence-corrected chi connectivity index (χ2v) is 6.69. The van der Waals surface area contributed by atoms with E-state index in [0.717, 1.165) is 0 Å². The van der Waals surface area contributed by atoms with Crippen LogP contribution < -0.4 is 0 Å². The number of ketones is 1. The summed E-state index contributed by atoms with van der Waals surface area (Å²) in [6.07, 6.45) is 0.390. The summed E-state index contributed by atoms with van der Waals surface area (Å²) in [7, 11) is -3.84. The SMILES string of the molecule is CC(C)CC(=O)c1ccc(S(=O)(=O)CC(=O)O)cc1. The van der Waals surface area contributed by atoms with Crippen molar-refractivity contribution in [1.29, 1.82) is 0 Å². The van der Waals surface area contributed by atoms with Crippen molar-refractivity contribution in [3.63, 3.8) is 0 Å². The van der Waals surface area contributed by atoms with E-state index in [1.54, 1.807) is 0 Å². The zero-order valence-electron chi connectivity index (χ0n) is 10.8. The molecule has 0 fully saturated rings. The molecule has 0 aromatic heterocycles. The standard InChI is InChI=1S/C13H16O5S/c1-9(2)7-12(14)10-3-5-11(6-4-10)19(17,18)8-13(15)16/h3-6,9H,7-8H2,1-2H3,(H,15,16). The third-order valence-electron chi connectivity index (χ3n) is 2.44. The van der Waals surface area contributed by atoms with E-state index in [1.165, 1.54) is 24.3 Å². The summed E-state index contributed by atoms with van der Waals surface area (Å²) in [5.41, 5.74) is 0.433. The van der Waals surface area contributed by atoms with Gasteiger partial charge in [0, 0.05) is 12.0 Å². The van der Waals surface area contributed by atoms with E-state index < -0.39 is 21.6 Å². The van der Waals surface area contributed by atoms with Gasteiger partial charge in [-0.15, -0.1) is 0 Å². The fraction of sp³-hybridized carbons (Fsp3) is 0.385. The molecule has 0 aliphatic heterocycles. The van der Waals surface area contributed by atoms with Crippen LogP contribution in [0.3, 0.4) is 0 Å². The number of carbonyl (C=O) groups is 2. The molecule has 0 bridgehead atoms. The monoisotopic (exact) mass is 284 g/mol. The molecule has 0 unspecified atom stereocenters. The van der Waals surface area contributed by atoms with Gasteiger partial charge in [-0.2, -0.15) is 0 Å². The van der Waals surface area contributed by atoms with E-state index >= 15 is 0 Å². The first kappa shape index (κ1) is 15.4. The number of rotatable bonds is 6. The van der Waals surface area contributed by atoms with Crippen molar-refractivity contribution in [2.24, 2.45) is 5.92 Å². The van der Waals surface area contributed by atoms with Crippen molar-refractivity contribution < 1.29 is 23.1 Å². The van der Waals surface area contributed by atoms with E-state index in [-0.39, 0.29) is 16.6 Å². The molecule has 0 amide bonds. The van der Waals surface area contributed by atoms with Crippen LogP contribution in [0.2, 0.25) is 0 Å². The van der Waals surface area contributed by atoms with Crippen molar-refractivity contribution in [3.05, 3.63) is 29.8 Å². The van der Waals surface area contributed by atoms with Crippen LogP contribution in [0.4, 0.5) is 0 Å². The zero-order valence-corrected chi connectivity index (χ0v) is 11.6. The molecule has 0 saturated heterocycles. The number of aliphatic carboxylic acids is 1. The molecule has 0 aliphatic carbocycles. The summed E-state index contributed by atoms with van der Waals surface area (Å²) >= 11 is 0. The van der Waals surface area contributed by atoms with Gasteiger partial charge in [0.2, 0.25) is 0 Å². The molecule has 0 heterocycles. The van der Waals surface area contributed by atoms with Crippen LogP contribution >= 0.6 is 0 Å². The molecule has 5 nitrogen and oxygen atoms in total. The van der Waals surface area contributed by atoms with Gasteiger partial charge in [0.25, 0.3) is 0 Å². The lowest BCUT2D eigenvalue weighted by Gasteiger charge is -2.05. The second-order valence-electron chi connectivity index (χ2n) is 4.70. The Morgan fingerprint density at radius 1 is 1.16 bits per heavy atom. The summed E-state index contributed by atoms with van der Waals surface area (Å²) in [4.78, 5) is 22.1. The number of Topliss-reactive ketones (excluding diaryl/α,β-unsaturated/α-hetero) is 1. The van der Waals surface area contributed by atoms with Gasteiger partial charge in [0.1, 0.15) is 0 Å². The Hall–Kier alpha value is -1.69. The molecule has 0 atom stereocenters. The first-order valence-electron chi connectivity index (χ1n) is 5.80. The highest BCUT2D eigenvalue weighted by Gasteiger charge is 2.19. The third-order valence-corrected chi connectivity index (χ3v) is 4.06. The fourth-order valence-electron chi connectivity index (χ4n) is 1.58. The molecule has 6 heteroatoms. The molecular formula is C13H16O5S. The molecule has 0 aliphatic rings. The van der Waals surface area contributed by atoms with E-state index in [0.29, 0.717) is 12.0 Å². The smallest absolute Gasteiger partial charge is 0.319 e. The predicted octanol–water partition coefficient (Wildman–Crippen LogP) is 1.77. The largest absolute Gasteiger partial charge is 0.480 e. The highest BCUT2D eigenvalue weighted by molar-refractivity contribution is 7.92. The molecule has 0 radical (unpaired) electrons. The minimum Gasteiger partial charge on any atom is -0.480 e. The van der Waals surface area contributed by atoms with E-state index in [4.69, 9.17) is 5.11 Å². The van der Waals surface area contributed by atoms with Crippen molar-refractivity contribution in [2.45, 2.75) is 25.2 Å². The highest BCUT2D eigenvalue weighted by Crippen LogP contribution is 2.15. The lowest BCUT2D eigenvalue weighted by atomic mass is 10.0. The minimum absolute atomic E-state index is 0.0582. The van der Waals surface area contributed by atoms with Crippen LogP contribution in [-0.2, 0) is 14.6 Å². The first-order chi connectivity index (χ1) is 8.72. The molecule has 1 aromatic carbocycles. The number of carboxylic acids is 1. The van der Waals surface area contributed by atoms with Crippen LogP contribution in [0.1, 0.15) is 30.6 Å².